The van der Waals surface area contributed by atoms with E-state index in [0.717, 1.165) is 0 Å². The smallest absolute Gasteiger partial charge is 0.292 e. The lowest BCUT2D eigenvalue weighted by Gasteiger charge is -2.02. The standard InChI is InChI=1S/C11H9N5O/c1-7-10(11(17)16-13-7)15-14-9-5-3-2-4-8(9)6-12/h2-5,13-14H,1H2,(H,16,17)/b15-10+. The van der Waals surface area contributed by atoms with Crippen molar-refractivity contribution in [2.24, 2.45) is 5.10 Å². The Bertz CT molecular complexity index is 537. The minimum absolute atomic E-state index is 0.165. The maximum Gasteiger partial charge on any atom is 0.292 e. The lowest BCUT2D eigenvalue weighted by molar-refractivity contribution is -0.114. The number of nitriles is 1. The van der Waals surface area contributed by atoms with E-state index < -0.39 is 0 Å². The number of para-hydroxylation sites is 1. The average Bonchev–Trinajstić information content (AvgIpc) is 2.67. The molecule has 1 aliphatic heterocycles. The third kappa shape index (κ3) is 2.08. The summed E-state index contributed by atoms with van der Waals surface area (Å²) in [5.41, 5.74) is 9.13. The normalized spacial score (nSPS) is 16.3. The third-order valence-electron chi connectivity index (χ3n) is 2.16. The molecule has 0 radical (unpaired) electrons. The van der Waals surface area contributed by atoms with Crippen molar-refractivity contribution in [2.45, 2.75) is 0 Å². The van der Waals surface area contributed by atoms with Crippen LogP contribution in [0.5, 0.6) is 0 Å². The first-order valence-electron chi connectivity index (χ1n) is 4.81. The molecule has 1 heterocycles. The second-order valence-electron chi connectivity index (χ2n) is 3.29. The van der Waals surface area contributed by atoms with E-state index in [4.69, 9.17) is 5.26 Å². The van der Waals surface area contributed by atoms with Crippen LogP contribution in [0.3, 0.4) is 0 Å². The zero-order valence-corrected chi connectivity index (χ0v) is 8.82. The van der Waals surface area contributed by atoms with Gasteiger partial charge in [-0.25, -0.2) is 0 Å². The van der Waals surface area contributed by atoms with Gasteiger partial charge in [-0.3, -0.25) is 21.1 Å². The van der Waals surface area contributed by atoms with Crippen LogP contribution in [0, 0.1) is 11.3 Å². The molecule has 0 spiro atoms. The van der Waals surface area contributed by atoms with Crippen molar-refractivity contribution >= 4 is 17.3 Å². The van der Waals surface area contributed by atoms with Gasteiger partial charge in [-0.05, 0) is 12.1 Å². The minimum Gasteiger partial charge on any atom is -0.296 e. The van der Waals surface area contributed by atoms with E-state index in [0.29, 0.717) is 16.9 Å². The highest BCUT2D eigenvalue weighted by molar-refractivity contribution is 6.46. The van der Waals surface area contributed by atoms with Crippen LogP contribution in [0.4, 0.5) is 5.69 Å². The minimum atomic E-state index is -0.364. The second kappa shape index (κ2) is 4.37. The highest BCUT2D eigenvalue weighted by atomic mass is 16.2. The topological polar surface area (TPSA) is 89.3 Å². The summed E-state index contributed by atoms with van der Waals surface area (Å²) in [5, 5.41) is 12.8. The molecule has 84 valence electrons. The quantitative estimate of drug-likeness (QED) is 0.641. The van der Waals surface area contributed by atoms with Crippen LogP contribution in [0.15, 0.2) is 41.6 Å². The number of anilines is 1. The van der Waals surface area contributed by atoms with Gasteiger partial charge in [-0.1, -0.05) is 18.7 Å². The molecule has 1 fully saturated rings. The highest BCUT2D eigenvalue weighted by Gasteiger charge is 2.22. The van der Waals surface area contributed by atoms with Gasteiger partial charge in [-0.15, -0.1) is 0 Å². The largest absolute Gasteiger partial charge is 0.296 e. The predicted octanol–water partition coefficient (Wildman–Crippen LogP) is 0.474. The van der Waals surface area contributed by atoms with Gasteiger partial charge in [0, 0.05) is 0 Å². The SMILES string of the molecule is C=C1NNC(=O)/C1=N/Nc1ccccc1C#N. The number of carbonyl (C=O) groups excluding carboxylic acids is 1. The molecule has 0 aromatic heterocycles. The van der Waals surface area contributed by atoms with Gasteiger partial charge in [0.1, 0.15) is 6.07 Å². The first-order chi connectivity index (χ1) is 8.22. The lowest BCUT2D eigenvalue weighted by atomic mass is 10.2. The van der Waals surface area contributed by atoms with Gasteiger partial charge in [0.15, 0.2) is 5.71 Å². The third-order valence-corrected chi connectivity index (χ3v) is 2.16. The Morgan fingerprint density at radius 2 is 2.12 bits per heavy atom. The molecular weight excluding hydrogens is 218 g/mol. The lowest BCUT2D eigenvalue weighted by Crippen LogP contribution is -2.26. The van der Waals surface area contributed by atoms with Crippen molar-refractivity contribution in [1.29, 1.82) is 5.26 Å². The fourth-order valence-electron chi connectivity index (χ4n) is 1.30. The zero-order chi connectivity index (χ0) is 12.3. The van der Waals surface area contributed by atoms with Crippen molar-refractivity contribution in [3.05, 3.63) is 42.1 Å². The molecule has 1 saturated heterocycles. The zero-order valence-electron chi connectivity index (χ0n) is 8.82. The van der Waals surface area contributed by atoms with Crippen LogP contribution in [0.25, 0.3) is 0 Å². The number of nitrogens with one attached hydrogen (secondary N) is 3. The number of hydrogen-bond acceptors (Lipinski definition) is 5. The van der Waals surface area contributed by atoms with Crippen LogP contribution in [0.1, 0.15) is 5.56 Å². The van der Waals surface area contributed by atoms with Crippen molar-refractivity contribution in [2.75, 3.05) is 5.43 Å². The Morgan fingerprint density at radius 1 is 1.35 bits per heavy atom. The molecule has 0 aliphatic carbocycles. The summed E-state index contributed by atoms with van der Waals surface area (Å²) >= 11 is 0. The van der Waals surface area contributed by atoms with E-state index in [1.54, 1.807) is 24.3 Å². The number of hydrogen-bond donors (Lipinski definition) is 3. The Balaban J connectivity index is 2.23. The number of nitrogens with zero attached hydrogens (tertiary/aromatic N) is 2. The Hall–Kier alpha value is -2.81. The van der Waals surface area contributed by atoms with E-state index in [9.17, 15) is 4.79 Å². The van der Waals surface area contributed by atoms with Gasteiger partial charge in [0.25, 0.3) is 5.91 Å². The van der Waals surface area contributed by atoms with Gasteiger partial charge in [0.05, 0.1) is 16.9 Å². The van der Waals surface area contributed by atoms with Crippen LogP contribution < -0.4 is 16.3 Å². The van der Waals surface area contributed by atoms with E-state index in [1.165, 1.54) is 0 Å². The van der Waals surface area contributed by atoms with E-state index in [-0.39, 0.29) is 11.6 Å². The molecule has 17 heavy (non-hydrogen) atoms. The molecule has 1 aliphatic rings. The molecule has 6 nitrogen and oxygen atoms in total. The molecule has 0 saturated carbocycles. The summed E-state index contributed by atoms with van der Waals surface area (Å²) in [4.78, 5) is 11.3. The number of benzene rings is 1. The van der Waals surface area contributed by atoms with Crippen molar-refractivity contribution in [1.82, 2.24) is 10.9 Å². The number of amides is 1. The molecule has 3 N–H and O–H groups in total. The number of rotatable bonds is 2. The van der Waals surface area contributed by atoms with Crippen LogP contribution >= 0.6 is 0 Å². The summed E-state index contributed by atoms with van der Waals surface area (Å²) in [5.74, 6) is -0.364. The summed E-state index contributed by atoms with van der Waals surface area (Å²) < 4.78 is 0. The number of hydrazine groups is 1. The van der Waals surface area contributed by atoms with Crippen molar-refractivity contribution < 1.29 is 4.79 Å². The van der Waals surface area contributed by atoms with E-state index >= 15 is 0 Å². The molecule has 1 amide bonds. The highest BCUT2D eigenvalue weighted by Crippen LogP contribution is 2.13. The van der Waals surface area contributed by atoms with Crippen molar-refractivity contribution in [3.63, 3.8) is 0 Å². The van der Waals surface area contributed by atoms with Crippen molar-refractivity contribution in [3.8, 4) is 6.07 Å². The van der Waals surface area contributed by atoms with E-state index in [1.807, 2.05) is 6.07 Å². The Kier molecular flexibility index (Phi) is 2.75. The van der Waals surface area contributed by atoms with Crippen LogP contribution in [0.2, 0.25) is 0 Å². The fraction of sp³-hybridized carbons (Fsp3) is 0. The summed E-state index contributed by atoms with van der Waals surface area (Å²) in [7, 11) is 0. The van der Waals surface area contributed by atoms with Gasteiger partial charge >= 0.3 is 0 Å². The van der Waals surface area contributed by atoms with Crippen LogP contribution in [-0.2, 0) is 4.79 Å². The number of hydrazone groups is 1. The maximum absolute atomic E-state index is 11.3. The summed E-state index contributed by atoms with van der Waals surface area (Å²) in [6, 6.07) is 8.90. The summed E-state index contributed by atoms with van der Waals surface area (Å²) in [6.45, 7) is 3.61. The van der Waals surface area contributed by atoms with Gasteiger partial charge in [0.2, 0.25) is 0 Å². The maximum atomic E-state index is 11.3. The Morgan fingerprint density at radius 3 is 2.76 bits per heavy atom. The van der Waals surface area contributed by atoms with Gasteiger partial charge in [-0.2, -0.15) is 10.4 Å². The first kappa shape index (κ1) is 10.7. The molecule has 0 unspecified atom stereocenters. The first-order valence-corrected chi connectivity index (χ1v) is 4.81. The second-order valence-corrected chi connectivity index (χ2v) is 3.29. The molecular formula is C11H9N5O. The predicted molar refractivity (Wildman–Crippen MR) is 62.6 cm³/mol. The molecule has 2 rings (SSSR count). The molecule has 0 bridgehead atoms. The van der Waals surface area contributed by atoms with Crippen LogP contribution in [-0.4, -0.2) is 11.6 Å². The molecule has 1 aromatic carbocycles. The molecule has 1 aromatic rings. The molecule has 0 atom stereocenters. The monoisotopic (exact) mass is 227 g/mol. The fourth-order valence-corrected chi connectivity index (χ4v) is 1.30. The van der Waals surface area contributed by atoms with Gasteiger partial charge < -0.3 is 0 Å². The number of carbonyl (C=O) groups is 1. The van der Waals surface area contributed by atoms with E-state index in [2.05, 4.69) is 28.0 Å². The average molecular weight is 227 g/mol. The summed E-state index contributed by atoms with van der Waals surface area (Å²) in [6.07, 6.45) is 0. The Labute approximate surface area is 97.6 Å². The molecule has 6 heteroatoms.